The molecular weight excluding hydrogens is 2600 g/mol. The van der Waals surface area contributed by atoms with Gasteiger partial charge in [0.1, 0.15) is 0 Å². The second kappa shape index (κ2) is 2340. The molecule has 0 fully saturated rings. The van der Waals surface area contributed by atoms with Gasteiger partial charge in [0.2, 0.25) is 0 Å². The molecular formula is Fe36O37+34. The fourth-order valence-corrected chi connectivity index (χ4v) is 0. The Labute approximate surface area is 802 Å². The molecule has 0 saturated heterocycles. The van der Waals surface area contributed by atoms with E-state index >= 15 is 0 Å². The van der Waals surface area contributed by atoms with Crippen LogP contribution in [0.25, 0.3) is 0 Å². The van der Waals surface area contributed by atoms with Crippen molar-refractivity contribution in [1.82, 2.24) is 0 Å². The van der Waals surface area contributed by atoms with Crippen molar-refractivity contribution < 1.29 is 817 Å². The molecule has 0 aromatic carbocycles. The fraction of sp³-hybridized carbons (Fsp3) is 0. The molecule has 0 spiro atoms. The van der Waals surface area contributed by atoms with Crippen molar-refractivity contribution in [2.45, 2.75) is 0 Å². The second-order valence-corrected chi connectivity index (χ2v) is 0. The minimum atomic E-state index is 0. The zero-order valence-electron chi connectivity index (χ0n) is 27.8. The number of hydrogen-bond donors (Lipinski definition) is 0. The van der Waals surface area contributed by atoms with E-state index in [-0.39, 0.29) is 817 Å². The molecule has 0 N–H and O–H groups in total. The summed E-state index contributed by atoms with van der Waals surface area (Å²) >= 11 is 0. The molecule has 0 saturated carbocycles. The summed E-state index contributed by atoms with van der Waals surface area (Å²) < 4.78 is 0. The van der Waals surface area contributed by atoms with Crippen LogP contribution in [0.4, 0.5) is 0 Å². The van der Waals surface area contributed by atoms with Gasteiger partial charge >= 0.3 is 614 Å². The van der Waals surface area contributed by atoms with Gasteiger partial charge in [-0.05, 0) is 0 Å². The quantitative estimate of drug-likeness (QED) is 0.207. The summed E-state index contributed by atoms with van der Waals surface area (Å²) in [6, 6.07) is 0. The van der Waals surface area contributed by atoms with Crippen molar-refractivity contribution in [2.24, 2.45) is 0 Å². The van der Waals surface area contributed by atoms with Crippen molar-refractivity contribution >= 4 is 0 Å². The van der Waals surface area contributed by atoms with Crippen LogP contribution in [0.1, 0.15) is 0 Å². The maximum atomic E-state index is 0. The Balaban J connectivity index is 0. The summed E-state index contributed by atoms with van der Waals surface area (Å²) in [4.78, 5) is 0. The van der Waals surface area contributed by atoms with E-state index in [1.54, 1.807) is 0 Å². The third kappa shape index (κ3) is 2290. The molecule has 73 heteroatoms. The zero-order chi connectivity index (χ0) is 0. The normalized spacial score (nSPS) is 0. The van der Waals surface area contributed by atoms with E-state index in [1.165, 1.54) is 0 Å². The molecule has 36 radical (unpaired) electrons. The molecule has 0 amide bonds. The van der Waals surface area contributed by atoms with Crippen molar-refractivity contribution in [3.63, 3.8) is 0 Å². The molecule has 0 heterocycles. The van der Waals surface area contributed by atoms with Crippen LogP contribution in [-0.4, -0.2) is 0 Å². The van der Waals surface area contributed by atoms with Gasteiger partial charge in [-0.1, -0.05) is 0 Å². The molecule has 0 rings (SSSR count). The van der Waals surface area contributed by atoms with Gasteiger partial charge in [-0.2, -0.15) is 0 Å². The fourth-order valence-electron chi connectivity index (χ4n) is 0. The maximum Gasteiger partial charge on any atom is 3.00 e. The van der Waals surface area contributed by atoms with E-state index < -0.39 is 0 Å². The molecule has 476 valence electrons. The minimum Gasteiger partial charge on any atom is -2.00 e. The monoisotopic (exact) mass is 2610 g/mol. The van der Waals surface area contributed by atoms with Gasteiger partial charge < -0.3 is 203 Å². The molecule has 0 unspecified atom stereocenters. The summed E-state index contributed by atoms with van der Waals surface area (Å²) in [5, 5.41) is 0. The summed E-state index contributed by atoms with van der Waals surface area (Å²) in [6.45, 7) is 0. The Morgan fingerprint density at radius 3 is 0.0274 bits per heavy atom. The zero-order valence-corrected chi connectivity index (χ0v) is 67.6. The molecule has 0 aromatic rings. The molecule has 0 aliphatic carbocycles. The minimum absolute atomic E-state index is 0. The Morgan fingerprint density at radius 2 is 0.0274 bits per heavy atom. The summed E-state index contributed by atoms with van der Waals surface area (Å²) in [5.41, 5.74) is 0. The van der Waals surface area contributed by atoms with Crippen LogP contribution in [0.15, 0.2) is 0 Å². The van der Waals surface area contributed by atoms with Crippen molar-refractivity contribution in [3.8, 4) is 0 Å². The van der Waals surface area contributed by atoms with Gasteiger partial charge in [0, 0.05) is 0 Å². The molecule has 0 bridgehead atoms. The molecule has 0 aromatic heterocycles. The van der Waals surface area contributed by atoms with Gasteiger partial charge in [-0.3, -0.25) is 0 Å². The Kier molecular flexibility index (Phi) is 77700. The van der Waals surface area contributed by atoms with E-state index in [0.29, 0.717) is 0 Å². The molecule has 0 atom stereocenters. The van der Waals surface area contributed by atoms with Gasteiger partial charge in [-0.25, -0.2) is 0 Å². The van der Waals surface area contributed by atoms with Crippen LogP contribution in [0.2, 0.25) is 0 Å². The van der Waals surface area contributed by atoms with Gasteiger partial charge in [-0.15, -0.1) is 0 Å². The third-order valence-electron chi connectivity index (χ3n) is 0. The first-order valence-corrected chi connectivity index (χ1v) is 0. The SMILES string of the molecule is [Fe+3].[Fe+3].[Fe+3].[Fe+3].[Fe+3].[Fe+3].[Fe+3].[Fe+3].[Fe+3].[Fe+3].[Fe+3].[Fe+3].[Fe+3].[Fe+3].[Fe+3].[Fe+3].[Fe+3].[Fe+3].[Fe+3].[Fe+3].[Fe+3].[Fe+3].[Fe+3].[Fe+3].[Fe+3].[Fe+3].[Fe+3].[Fe+3].[Fe+3].[Fe+3].[Fe+3].[Fe+3].[Fe+3].[Fe+3].[Fe+3].[Fe+3].[O-2].[O-2].[O-2].[O-2].[O-2].[O-2].[O-2].[O-2].[O-2].[O-2].[O-2].[O-2].[O-2].[O-2].[O-2].[O-2].[O-2].[O-2].[O-2].[O-2].[O-2].[O-2].[O-2].[O-2].[O-2].[O-2].[O-2].[O-2].[O-2].[O-2].[O-2].[O-2].[O-2].[O-2].[O-2].[O-2].[O-2]. The average molecular weight is 2600 g/mol. The van der Waals surface area contributed by atoms with E-state index in [9.17, 15) is 0 Å². The first-order chi connectivity index (χ1) is 0. The third-order valence-corrected chi connectivity index (χ3v) is 0. The summed E-state index contributed by atoms with van der Waals surface area (Å²) in [5.74, 6) is 0. The van der Waals surface area contributed by atoms with Gasteiger partial charge in [0.25, 0.3) is 0 Å². The predicted octanol–water partition coefficient (Wildman–Crippen LogP) is -4.49. The van der Waals surface area contributed by atoms with E-state index in [0.717, 1.165) is 0 Å². The van der Waals surface area contributed by atoms with Crippen LogP contribution >= 0.6 is 0 Å². The van der Waals surface area contributed by atoms with Crippen molar-refractivity contribution in [1.29, 1.82) is 0 Å². The largest absolute Gasteiger partial charge is 3.00 e. The first-order valence-electron chi connectivity index (χ1n) is 0. The predicted molar refractivity (Wildman–Crippen MR) is 25.4 cm³/mol. The summed E-state index contributed by atoms with van der Waals surface area (Å²) in [6.07, 6.45) is 0. The van der Waals surface area contributed by atoms with Crippen LogP contribution in [0.5, 0.6) is 0 Å². The van der Waals surface area contributed by atoms with Crippen LogP contribution in [0.3, 0.4) is 0 Å². The average Bonchev–Trinajstić information content (AvgIpc) is 0. The Morgan fingerprint density at radius 1 is 0.0274 bits per heavy atom. The number of hydrogen-bond acceptors (Lipinski definition) is 0. The van der Waals surface area contributed by atoms with E-state index in [4.69, 9.17) is 0 Å². The van der Waals surface area contributed by atoms with Crippen molar-refractivity contribution in [3.05, 3.63) is 0 Å². The smallest absolute Gasteiger partial charge is 2.00 e. The van der Waals surface area contributed by atoms with E-state index in [1.807, 2.05) is 0 Å². The molecule has 73 heavy (non-hydrogen) atoms. The summed E-state index contributed by atoms with van der Waals surface area (Å²) in [7, 11) is 0. The molecule has 37 nitrogen and oxygen atoms in total. The number of rotatable bonds is 0. The standard InChI is InChI=1S/36Fe.37O/q36*+3;37*-2. The van der Waals surface area contributed by atoms with Crippen LogP contribution in [-0.2, 0) is 817 Å². The van der Waals surface area contributed by atoms with Crippen LogP contribution < -0.4 is 0 Å². The first kappa shape index (κ1) is 2420. The molecule has 0 aliphatic heterocycles. The molecule has 0 aliphatic rings. The topological polar surface area (TPSA) is 1050 Å². The van der Waals surface area contributed by atoms with Crippen molar-refractivity contribution in [2.75, 3.05) is 0 Å². The van der Waals surface area contributed by atoms with Gasteiger partial charge in [0.15, 0.2) is 0 Å². The van der Waals surface area contributed by atoms with E-state index in [2.05, 4.69) is 0 Å². The second-order valence-electron chi connectivity index (χ2n) is 0. The Bertz CT molecular complexity index is 73.0. The van der Waals surface area contributed by atoms with Crippen LogP contribution in [0, 0.1) is 0 Å². The van der Waals surface area contributed by atoms with Gasteiger partial charge in [0.05, 0.1) is 0 Å². The maximum absolute atomic E-state index is 0. The Hall–Kier alpha value is 17.2.